The van der Waals surface area contributed by atoms with Gasteiger partial charge >= 0.3 is 0 Å². The second-order valence-electron chi connectivity index (χ2n) is 6.00. The molecule has 2 heteroatoms. The zero-order valence-corrected chi connectivity index (χ0v) is 13.6. The van der Waals surface area contributed by atoms with Gasteiger partial charge in [-0.15, -0.1) is 0 Å². The first-order valence-electron chi connectivity index (χ1n) is 7.85. The average molecular weight is 302 g/mol. The van der Waals surface area contributed by atoms with Gasteiger partial charge in [0, 0.05) is 11.4 Å². The topological polar surface area (TPSA) is 52.0 Å². The summed E-state index contributed by atoms with van der Waals surface area (Å²) in [4.78, 5) is 0. The molecule has 2 nitrogen and oxygen atoms in total. The summed E-state index contributed by atoms with van der Waals surface area (Å²) in [5.41, 5.74) is 20.7. The fraction of sp³-hybridized carbons (Fsp3) is 0.143. The zero-order valence-electron chi connectivity index (χ0n) is 13.6. The van der Waals surface area contributed by atoms with Crippen molar-refractivity contribution in [2.45, 2.75) is 20.3 Å². The van der Waals surface area contributed by atoms with Crippen molar-refractivity contribution in [2.24, 2.45) is 0 Å². The molecule has 116 valence electrons. The maximum absolute atomic E-state index is 5.70. The molecule has 0 heterocycles. The van der Waals surface area contributed by atoms with E-state index in [1.807, 2.05) is 26.0 Å². The first kappa shape index (κ1) is 15.2. The predicted molar refractivity (Wildman–Crippen MR) is 99.4 cm³/mol. The molecule has 1 aliphatic rings. The fourth-order valence-corrected chi connectivity index (χ4v) is 2.96. The molecule has 0 amide bonds. The normalized spacial score (nSPS) is 11.2. The molecule has 1 aliphatic carbocycles. The highest BCUT2D eigenvalue weighted by atomic mass is 14.6. The van der Waals surface area contributed by atoms with Crippen molar-refractivity contribution in [2.75, 3.05) is 11.5 Å². The molecule has 0 spiro atoms. The van der Waals surface area contributed by atoms with Crippen LogP contribution in [0.15, 0.2) is 60.7 Å². The standard InChI is InChI=1S/C13H10.C8H12N2/c1-3-7-12-10(5-1)9-11-6-2-4-8-13(11)12;1-5-3-4-7(9)6(2)8(5)10/h1-8H,9H2;3-4H,9-10H2,1-2H3. The van der Waals surface area contributed by atoms with Crippen molar-refractivity contribution in [3.63, 3.8) is 0 Å². The Kier molecular flexibility index (Phi) is 4.07. The molecule has 3 aromatic carbocycles. The number of hydrogen-bond donors (Lipinski definition) is 2. The Balaban J connectivity index is 0.000000142. The Morgan fingerprint density at radius 2 is 1.22 bits per heavy atom. The quantitative estimate of drug-likeness (QED) is 0.462. The predicted octanol–water partition coefficient (Wildman–Crippen LogP) is 4.73. The lowest BCUT2D eigenvalue weighted by Gasteiger charge is -2.05. The molecule has 23 heavy (non-hydrogen) atoms. The summed E-state index contributed by atoms with van der Waals surface area (Å²) in [6, 6.07) is 21.1. The molecular weight excluding hydrogens is 280 g/mol. The van der Waals surface area contributed by atoms with Gasteiger partial charge in [0.15, 0.2) is 0 Å². The molecule has 0 saturated carbocycles. The van der Waals surface area contributed by atoms with E-state index in [1.54, 1.807) is 0 Å². The van der Waals surface area contributed by atoms with Gasteiger partial charge in [-0.3, -0.25) is 0 Å². The molecular formula is C21H22N2. The van der Waals surface area contributed by atoms with Crippen LogP contribution in [0, 0.1) is 13.8 Å². The van der Waals surface area contributed by atoms with E-state index in [1.165, 1.54) is 22.3 Å². The maximum Gasteiger partial charge on any atom is 0.0394 e. The van der Waals surface area contributed by atoms with Crippen LogP contribution in [-0.4, -0.2) is 0 Å². The number of nitrogen functional groups attached to an aromatic ring is 2. The third-order valence-electron chi connectivity index (χ3n) is 4.48. The highest BCUT2D eigenvalue weighted by Gasteiger charge is 2.15. The molecule has 0 unspecified atom stereocenters. The van der Waals surface area contributed by atoms with Crippen LogP contribution < -0.4 is 11.5 Å². The number of nitrogens with two attached hydrogens (primary N) is 2. The zero-order chi connectivity index (χ0) is 16.4. The lowest BCUT2D eigenvalue weighted by molar-refractivity contribution is 1.26. The monoisotopic (exact) mass is 302 g/mol. The van der Waals surface area contributed by atoms with E-state index in [0.717, 1.165) is 28.9 Å². The summed E-state index contributed by atoms with van der Waals surface area (Å²) in [6.07, 6.45) is 1.10. The minimum absolute atomic E-state index is 0.767. The van der Waals surface area contributed by atoms with Crippen LogP contribution in [0.2, 0.25) is 0 Å². The van der Waals surface area contributed by atoms with Gasteiger partial charge in [-0.1, -0.05) is 54.6 Å². The molecule has 0 radical (unpaired) electrons. The van der Waals surface area contributed by atoms with Crippen molar-refractivity contribution in [3.8, 4) is 11.1 Å². The highest BCUT2D eigenvalue weighted by Crippen LogP contribution is 2.35. The molecule has 4 N–H and O–H groups in total. The molecule has 0 aromatic heterocycles. The number of anilines is 2. The summed E-state index contributed by atoms with van der Waals surface area (Å²) in [5, 5.41) is 0. The number of rotatable bonds is 0. The summed E-state index contributed by atoms with van der Waals surface area (Å²) >= 11 is 0. The largest absolute Gasteiger partial charge is 0.398 e. The van der Waals surface area contributed by atoms with Crippen molar-refractivity contribution in [1.82, 2.24) is 0 Å². The average Bonchev–Trinajstić information content (AvgIpc) is 2.96. The Labute approximate surface area is 137 Å². The number of benzene rings is 3. The van der Waals surface area contributed by atoms with Crippen LogP contribution in [0.3, 0.4) is 0 Å². The second kappa shape index (κ2) is 6.17. The van der Waals surface area contributed by atoms with Gasteiger partial charge < -0.3 is 11.5 Å². The fourth-order valence-electron chi connectivity index (χ4n) is 2.96. The van der Waals surface area contributed by atoms with Gasteiger partial charge in [0.05, 0.1) is 0 Å². The number of aryl methyl sites for hydroxylation is 1. The lowest BCUT2D eigenvalue weighted by atomic mass is 10.1. The second-order valence-corrected chi connectivity index (χ2v) is 6.00. The van der Waals surface area contributed by atoms with Gasteiger partial charge in [-0.2, -0.15) is 0 Å². The van der Waals surface area contributed by atoms with Gasteiger partial charge in [0.2, 0.25) is 0 Å². The maximum atomic E-state index is 5.70. The van der Waals surface area contributed by atoms with E-state index in [-0.39, 0.29) is 0 Å². The summed E-state index contributed by atoms with van der Waals surface area (Å²) < 4.78 is 0. The Hall–Kier alpha value is -2.74. The minimum atomic E-state index is 0.767. The molecule has 0 atom stereocenters. The molecule has 0 aliphatic heterocycles. The summed E-state index contributed by atoms with van der Waals surface area (Å²) in [5.74, 6) is 0. The Bertz CT molecular complexity index is 780. The SMILES string of the molecule is Cc1ccc(N)c(C)c1N.c1ccc2c(c1)Cc1ccccc1-2. The van der Waals surface area contributed by atoms with Gasteiger partial charge in [0.1, 0.15) is 0 Å². The molecule has 4 rings (SSSR count). The Morgan fingerprint density at radius 1 is 0.696 bits per heavy atom. The van der Waals surface area contributed by atoms with Crippen LogP contribution in [0.4, 0.5) is 11.4 Å². The van der Waals surface area contributed by atoms with Gasteiger partial charge in [0.25, 0.3) is 0 Å². The molecule has 3 aromatic rings. The summed E-state index contributed by atoms with van der Waals surface area (Å²) in [6.45, 7) is 3.90. The van der Waals surface area contributed by atoms with E-state index < -0.39 is 0 Å². The van der Waals surface area contributed by atoms with E-state index in [0.29, 0.717) is 0 Å². The smallest absolute Gasteiger partial charge is 0.0394 e. The van der Waals surface area contributed by atoms with Crippen LogP contribution in [0.5, 0.6) is 0 Å². The first-order chi connectivity index (χ1) is 11.1. The number of fused-ring (bicyclic) bond motifs is 3. The van der Waals surface area contributed by atoms with Crippen molar-refractivity contribution < 1.29 is 0 Å². The lowest BCUT2D eigenvalue weighted by Crippen LogP contribution is -1.97. The van der Waals surface area contributed by atoms with Crippen LogP contribution in [0.1, 0.15) is 22.3 Å². The van der Waals surface area contributed by atoms with E-state index >= 15 is 0 Å². The first-order valence-corrected chi connectivity index (χ1v) is 7.85. The van der Waals surface area contributed by atoms with E-state index in [9.17, 15) is 0 Å². The van der Waals surface area contributed by atoms with Crippen molar-refractivity contribution in [3.05, 3.63) is 82.9 Å². The molecule has 0 bridgehead atoms. The van der Waals surface area contributed by atoms with Crippen molar-refractivity contribution >= 4 is 11.4 Å². The van der Waals surface area contributed by atoms with Gasteiger partial charge in [-0.25, -0.2) is 0 Å². The molecule has 0 fully saturated rings. The highest BCUT2D eigenvalue weighted by molar-refractivity contribution is 5.76. The van der Waals surface area contributed by atoms with E-state index in [4.69, 9.17) is 11.5 Å². The minimum Gasteiger partial charge on any atom is -0.398 e. The van der Waals surface area contributed by atoms with Gasteiger partial charge in [-0.05, 0) is 59.7 Å². The van der Waals surface area contributed by atoms with Crippen molar-refractivity contribution in [1.29, 1.82) is 0 Å². The Morgan fingerprint density at radius 3 is 1.74 bits per heavy atom. The van der Waals surface area contributed by atoms with E-state index in [2.05, 4.69) is 48.5 Å². The van der Waals surface area contributed by atoms with Crippen LogP contribution in [-0.2, 0) is 6.42 Å². The third-order valence-corrected chi connectivity index (χ3v) is 4.48. The summed E-state index contributed by atoms with van der Waals surface area (Å²) in [7, 11) is 0. The van der Waals surface area contributed by atoms with Crippen LogP contribution >= 0.6 is 0 Å². The number of hydrogen-bond acceptors (Lipinski definition) is 2. The third kappa shape index (κ3) is 2.93. The molecule has 0 saturated heterocycles. The van der Waals surface area contributed by atoms with Crippen LogP contribution in [0.25, 0.3) is 11.1 Å².